The number of alkyl halides is 3. The van der Waals surface area contributed by atoms with Crippen molar-refractivity contribution in [2.45, 2.75) is 12.7 Å². The van der Waals surface area contributed by atoms with Gasteiger partial charge in [-0.25, -0.2) is 0 Å². The summed E-state index contributed by atoms with van der Waals surface area (Å²) in [4.78, 5) is 24.8. The van der Waals surface area contributed by atoms with Crippen molar-refractivity contribution in [3.63, 3.8) is 0 Å². The maximum absolute atomic E-state index is 12.8. The van der Waals surface area contributed by atoms with Crippen molar-refractivity contribution in [1.29, 1.82) is 0 Å². The van der Waals surface area contributed by atoms with E-state index in [-0.39, 0.29) is 33.9 Å². The van der Waals surface area contributed by atoms with Crippen LogP contribution < -0.4 is 5.73 Å². The van der Waals surface area contributed by atoms with Crippen LogP contribution in [-0.2, 0) is 12.7 Å². The van der Waals surface area contributed by atoms with Crippen LogP contribution in [0.2, 0.25) is 5.02 Å². The summed E-state index contributed by atoms with van der Waals surface area (Å²) < 4.78 is 38.5. The molecule has 0 heterocycles. The summed E-state index contributed by atoms with van der Waals surface area (Å²) in [5, 5.41) is 0.107. The Hall–Kier alpha value is -2.54. The van der Waals surface area contributed by atoms with Gasteiger partial charge in [-0.05, 0) is 35.9 Å². The predicted molar refractivity (Wildman–Crippen MR) is 88.5 cm³/mol. The summed E-state index contributed by atoms with van der Waals surface area (Å²) in [6.07, 6.45) is -4.05. The smallest absolute Gasteiger partial charge is 0.398 e. The molecular formula is C17H14ClF3N2O2. The molecule has 0 saturated heterocycles. The van der Waals surface area contributed by atoms with Crippen molar-refractivity contribution in [2.24, 2.45) is 0 Å². The Kier molecular flexibility index (Phi) is 5.37. The van der Waals surface area contributed by atoms with Gasteiger partial charge in [0.2, 0.25) is 0 Å². The van der Waals surface area contributed by atoms with Crippen LogP contribution in [0, 0.1) is 0 Å². The van der Waals surface area contributed by atoms with Gasteiger partial charge in [0.1, 0.15) is 0 Å². The molecule has 4 nitrogen and oxygen atoms in total. The molecule has 8 heteroatoms. The van der Waals surface area contributed by atoms with Crippen molar-refractivity contribution in [3.05, 3.63) is 63.7 Å². The number of aldehydes is 1. The lowest BCUT2D eigenvalue weighted by Gasteiger charge is -2.20. The molecule has 2 aromatic rings. The maximum atomic E-state index is 12.8. The first-order valence-corrected chi connectivity index (χ1v) is 7.47. The number of nitrogens with two attached hydrogens (primary N) is 1. The third-order valence-corrected chi connectivity index (χ3v) is 3.98. The van der Waals surface area contributed by atoms with Gasteiger partial charge in [-0.3, -0.25) is 9.59 Å². The molecule has 1 amide bonds. The minimum Gasteiger partial charge on any atom is -0.398 e. The average Bonchev–Trinajstić information content (AvgIpc) is 2.54. The Morgan fingerprint density at radius 3 is 2.56 bits per heavy atom. The molecule has 0 unspecified atom stereocenters. The summed E-state index contributed by atoms with van der Waals surface area (Å²) in [6.45, 7) is -0.158. The average molecular weight is 371 g/mol. The standard InChI is InChI=1S/C17H14ClF3N2O2/c1-23(16(25)12-3-2-4-15(22)13(12)9-24)8-10-7-11(17(19,20)21)5-6-14(10)18/h2-7,9H,8,22H2,1H3. The summed E-state index contributed by atoms with van der Waals surface area (Å²) in [6, 6.07) is 7.31. The molecule has 0 aliphatic heterocycles. The number of nitrogens with zero attached hydrogens (tertiary/aromatic N) is 1. The lowest BCUT2D eigenvalue weighted by atomic mass is 10.0. The number of nitrogen functional groups attached to an aromatic ring is 1. The number of hydrogen-bond donors (Lipinski definition) is 1. The molecule has 0 aromatic heterocycles. The first kappa shape index (κ1) is 18.8. The third-order valence-electron chi connectivity index (χ3n) is 3.62. The van der Waals surface area contributed by atoms with Gasteiger partial charge in [-0.1, -0.05) is 17.7 Å². The fraction of sp³-hybridized carbons (Fsp3) is 0.176. The van der Waals surface area contributed by atoms with E-state index < -0.39 is 17.6 Å². The van der Waals surface area contributed by atoms with Gasteiger partial charge < -0.3 is 10.6 Å². The van der Waals surface area contributed by atoms with Crippen LogP contribution >= 0.6 is 11.6 Å². The number of amides is 1. The fourth-order valence-electron chi connectivity index (χ4n) is 2.31. The molecule has 0 fully saturated rings. The third kappa shape index (κ3) is 4.11. The van der Waals surface area contributed by atoms with Crippen LogP contribution in [0.5, 0.6) is 0 Å². The highest BCUT2D eigenvalue weighted by Gasteiger charge is 2.31. The summed E-state index contributed by atoms with van der Waals surface area (Å²) in [7, 11) is 1.40. The van der Waals surface area contributed by atoms with Crippen molar-refractivity contribution in [2.75, 3.05) is 12.8 Å². The zero-order valence-electron chi connectivity index (χ0n) is 13.1. The normalized spacial score (nSPS) is 11.2. The van der Waals surface area contributed by atoms with E-state index in [0.717, 1.165) is 18.2 Å². The van der Waals surface area contributed by atoms with Gasteiger partial charge in [-0.2, -0.15) is 13.2 Å². The molecule has 0 radical (unpaired) electrons. The minimum absolute atomic E-state index is 0.0366. The lowest BCUT2D eigenvalue weighted by Crippen LogP contribution is -2.27. The Labute approximate surface area is 147 Å². The second-order valence-electron chi connectivity index (χ2n) is 5.39. The second kappa shape index (κ2) is 7.14. The van der Waals surface area contributed by atoms with Gasteiger partial charge in [0, 0.05) is 29.9 Å². The SMILES string of the molecule is CN(Cc1cc(C(F)(F)F)ccc1Cl)C(=O)c1cccc(N)c1C=O. The van der Waals surface area contributed by atoms with Gasteiger partial charge in [0.05, 0.1) is 11.1 Å². The Balaban J connectivity index is 2.31. The molecule has 0 atom stereocenters. The Bertz CT molecular complexity index is 822. The molecule has 0 aliphatic rings. The highest BCUT2D eigenvalue weighted by Crippen LogP contribution is 2.32. The first-order valence-electron chi connectivity index (χ1n) is 7.10. The van der Waals surface area contributed by atoms with Gasteiger partial charge >= 0.3 is 6.18 Å². The van der Waals surface area contributed by atoms with E-state index in [9.17, 15) is 22.8 Å². The predicted octanol–water partition coefficient (Wildman–Crippen LogP) is 4.03. The van der Waals surface area contributed by atoms with E-state index in [2.05, 4.69) is 0 Å². The first-order chi connectivity index (χ1) is 11.6. The molecular weight excluding hydrogens is 357 g/mol. The van der Waals surface area contributed by atoms with Crippen LogP contribution in [0.4, 0.5) is 18.9 Å². The van der Waals surface area contributed by atoms with E-state index in [1.807, 2.05) is 0 Å². The quantitative estimate of drug-likeness (QED) is 0.653. The molecule has 0 saturated carbocycles. The number of anilines is 1. The summed E-state index contributed by atoms with van der Waals surface area (Å²) >= 11 is 5.94. The van der Waals surface area contributed by atoms with E-state index in [4.69, 9.17) is 17.3 Å². The maximum Gasteiger partial charge on any atom is 0.416 e. The topological polar surface area (TPSA) is 63.4 Å². The zero-order chi connectivity index (χ0) is 18.8. The van der Waals surface area contributed by atoms with Crippen LogP contribution in [0.3, 0.4) is 0 Å². The van der Waals surface area contributed by atoms with Crippen LogP contribution in [0.1, 0.15) is 31.8 Å². The van der Waals surface area contributed by atoms with Gasteiger partial charge in [0.25, 0.3) is 5.91 Å². The van der Waals surface area contributed by atoms with Crippen molar-refractivity contribution in [3.8, 4) is 0 Å². The second-order valence-corrected chi connectivity index (χ2v) is 5.80. The number of rotatable bonds is 4. The van der Waals surface area contributed by atoms with E-state index in [0.29, 0.717) is 6.29 Å². The molecule has 2 aromatic carbocycles. The van der Waals surface area contributed by atoms with Crippen molar-refractivity contribution in [1.82, 2.24) is 4.90 Å². The molecule has 2 N–H and O–H groups in total. The molecule has 0 aliphatic carbocycles. The van der Waals surface area contributed by atoms with E-state index in [1.165, 1.54) is 30.1 Å². The number of benzene rings is 2. The molecule has 25 heavy (non-hydrogen) atoms. The molecule has 2 rings (SSSR count). The number of carbonyl (C=O) groups excluding carboxylic acids is 2. The van der Waals surface area contributed by atoms with Crippen LogP contribution in [0.15, 0.2) is 36.4 Å². The highest BCUT2D eigenvalue weighted by atomic mass is 35.5. The zero-order valence-corrected chi connectivity index (χ0v) is 13.9. The number of carbonyl (C=O) groups is 2. The van der Waals surface area contributed by atoms with Crippen molar-refractivity contribution >= 4 is 29.5 Å². The van der Waals surface area contributed by atoms with Gasteiger partial charge in [-0.15, -0.1) is 0 Å². The Morgan fingerprint density at radius 2 is 1.96 bits per heavy atom. The minimum atomic E-state index is -4.51. The molecule has 132 valence electrons. The van der Waals surface area contributed by atoms with E-state index >= 15 is 0 Å². The monoisotopic (exact) mass is 370 g/mol. The largest absolute Gasteiger partial charge is 0.416 e. The molecule has 0 bridgehead atoms. The van der Waals surface area contributed by atoms with Crippen LogP contribution in [0.25, 0.3) is 0 Å². The summed E-state index contributed by atoms with van der Waals surface area (Å²) in [5.74, 6) is -0.553. The Morgan fingerprint density at radius 1 is 1.28 bits per heavy atom. The number of halogens is 4. The number of hydrogen-bond acceptors (Lipinski definition) is 3. The fourth-order valence-corrected chi connectivity index (χ4v) is 2.48. The van der Waals surface area contributed by atoms with Crippen LogP contribution in [-0.4, -0.2) is 24.1 Å². The molecule has 0 spiro atoms. The lowest BCUT2D eigenvalue weighted by molar-refractivity contribution is -0.137. The highest BCUT2D eigenvalue weighted by molar-refractivity contribution is 6.31. The summed E-state index contributed by atoms with van der Waals surface area (Å²) in [5.41, 5.74) is 5.20. The van der Waals surface area contributed by atoms with Crippen molar-refractivity contribution < 1.29 is 22.8 Å². The van der Waals surface area contributed by atoms with E-state index in [1.54, 1.807) is 0 Å². The van der Waals surface area contributed by atoms with Gasteiger partial charge in [0.15, 0.2) is 6.29 Å².